The van der Waals surface area contributed by atoms with Crippen LogP contribution in [0, 0.1) is 6.92 Å². The minimum atomic E-state index is 0. The third kappa shape index (κ3) is 4.32. The molecule has 160 valence electrons. The number of hydrogen-bond donors (Lipinski definition) is 0. The molecule has 0 unspecified atom stereocenters. The van der Waals surface area contributed by atoms with Gasteiger partial charge < -0.3 is 0 Å². The van der Waals surface area contributed by atoms with Crippen molar-refractivity contribution in [2.24, 2.45) is 7.05 Å². The van der Waals surface area contributed by atoms with E-state index in [9.17, 15) is 0 Å². The summed E-state index contributed by atoms with van der Waals surface area (Å²) in [5.41, 5.74) is 6.26. The van der Waals surface area contributed by atoms with E-state index in [-0.39, 0.29) is 12.4 Å². The van der Waals surface area contributed by atoms with Crippen LogP contribution in [0.25, 0.3) is 33.6 Å². The quantitative estimate of drug-likeness (QED) is 0.479. The highest BCUT2D eigenvalue weighted by Crippen LogP contribution is 2.27. The summed E-state index contributed by atoms with van der Waals surface area (Å²) in [4.78, 5) is 11.2. The molecule has 3 aromatic heterocycles. The Morgan fingerprint density at radius 1 is 0.839 bits per heavy atom. The average Bonchev–Trinajstić information content (AvgIpc) is 3.41. The molecule has 0 aliphatic carbocycles. The number of halogens is 1. The van der Waals surface area contributed by atoms with Crippen LogP contribution < -0.4 is 5.01 Å². The van der Waals surface area contributed by atoms with Crippen LogP contribution in [-0.2, 0) is 7.05 Å². The van der Waals surface area contributed by atoms with Crippen molar-refractivity contribution in [2.45, 2.75) is 26.2 Å². The lowest BCUT2D eigenvalue weighted by Gasteiger charge is -2.28. The first-order chi connectivity index (χ1) is 14.7. The summed E-state index contributed by atoms with van der Waals surface area (Å²) in [5, 5.41) is 11.3. The Labute approximate surface area is 188 Å². The highest BCUT2D eigenvalue weighted by molar-refractivity contribution is 5.85. The minimum Gasteiger partial charge on any atom is -0.297 e. The average molecular weight is 436 g/mol. The van der Waals surface area contributed by atoms with Crippen LogP contribution in [0.3, 0.4) is 0 Å². The van der Waals surface area contributed by atoms with Crippen LogP contribution in [0.5, 0.6) is 0 Å². The Kier molecular flexibility index (Phi) is 6.04. The third-order valence-corrected chi connectivity index (χ3v) is 5.62. The van der Waals surface area contributed by atoms with Gasteiger partial charge in [-0.15, -0.1) is 12.4 Å². The van der Waals surface area contributed by atoms with Gasteiger partial charge in [-0.05, 0) is 37.8 Å². The Bertz CT molecular complexity index is 1160. The minimum absolute atomic E-state index is 0. The number of hydrogen-bond acceptors (Lipinski definition) is 5. The second kappa shape index (κ2) is 8.89. The zero-order valence-electron chi connectivity index (χ0n) is 17.8. The number of nitrogens with zero attached hydrogens (tertiary/aromatic N) is 7. The SMILES string of the molecule is Cc1nn(C)cc1-c1cccc(-c2ncc(-c3cnn(N4CCCCC4)c3)cn2)c1.Cl. The van der Waals surface area contributed by atoms with Gasteiger partial charge in [-0.2, -0.15) is 15.0 Å². The van der Waals surface area contributed by atoms with E-state index in [1.165, 1.54) is 19.3 Å². The Hall–Kier alpha value is -3.19. The van der Waals surface area contributed by atoms with Crippen LogP contribution in [0.4, 0.5) is 0 Å². The summed E-state index contributed by atoms with van der Waals surface area (Å²) in [6.07, 6.45) is 13.5. The van der Waals surface area contributed by atoms with Crippen LogP contribution in [-0.4, -0.2) is 42.7 Å². The molecule has 31 heavy (non-hydrogen) atoms. The van der Waals surface area contributed by atoms with Crippen molar-refractivity contribution < 1.29 is 0 Å². The van der Waals surface area contributed by atoms with E-state index in [2.05, 4.69) is 43.5 Å². The summed E-state index contributed by atoms with van der Waals surface area (Å²) in [6, 6.07) is 8.29. The molecule has 5 rings (SSSR count). The van der Waals surface area contributed by atoms with Gasteiger partial charge in [0.05, 0.1) is 18.1 Å². The van der Waals surface area contributed by atoms with Crippen molar-refractivity contribution in [3.05, 3.63) is 60.9 Å². The Balaban J connectivity index is 0.00000231. The molecule has 1 fully saturated rings. The molecular weight excluding hydrogens is 410 g/mol. The Morgan fingerprint density at radius 3 is 2.29 bits per heavy atom. The maximum atomic E-state index is 4.63. The fourth-order valence-corrected chi connectivity index (χ4v) is 4.03. The topological polar surface area (TPSA) is 64.7 Å². The van der Waals surface area contributed by atoms with Gasteiger partial charge in [0.2, 0.25) is 0 Å². The van der Waals surface area contributed by atoms with Crippen molar-refractivity contribution >= 4 is 12.4 Å². The molecular formula is C23H26ClN7. The predicted octanol–water partition coefficient (Wildman–Crippen LogP) is 4.26. The van der Waals surface area contributed by atoms with Crippen molar-refractivity contribution in [1.82, 2.24) is 29.6 Å². The second-order valence-electron chi connectivity index (χ2n) is 7.84. The van der Waals surface area contributed by atoms with Gasteiger partial charge in [-0.25, -0.2) is 9.97 Å². The number of aromatic nitrogens is 6. The van der Waals surface area contributed by atoms with E-state index in [0.717, 1.165) is 46.6 Å². The highest BCUT2D eigenvalue weighted by atomic mass is 35.5. The van der Waals surface area contributed by atoms with Crippen LogP contribution in [0.2, 0.25) is 0 Å². The Morgan fingerprint density at radius 2 is 1.58 bits per heavy atom. The molecule has 1 aromatic carbocycles. The molecule has 0 amide bonds. The first-order valence-corrected chi connectivity index (χ1v) is 10.4. The molecule has 8 heteroatoms. The van der Waals surface area contributed by atoms with E-state index in [1.807, 2.05) is 60.4 Å². The van der Waals surface area contributed by atoms with Gasteiger partial charge in [-0.3, -0.25) is 9.69 Å². The predicted molar refractivity (Wildman–Crippen MR) is 125 cm³/mol. The molecule has 0 radical (unpaired) electrons. The number of benzene rings is 1. The van der Waals surface area contributed by atoms with Gasteiger partial charge in [0.15, 0.2) is 5.82 Å². The van der Waals surface area contributed by atoms with Crippen molar-refractivity contribution in [3.63, 3.8) is 0 Å². The monoisotopic (exact) mass is 435 g/mol. The summed E-state index contributed by atoms with van der Waals surface area (Å²) < 4.78 is 1.84. The maximum Gasteiger partial charge on any atom is 0.159 e. The summed E-state index contributed by atoms with van der Waals surface area (Å²) in [6.45, 7) is 4.14. The van der Waals surface area contributed by atoms with E-state index >= 15 is 0 Å². The molecule has 0 bridgehead atoms. The zero-order valence-corrected chi connectivity index (χ0v) is 18.6. The number of rotatable bonds is 4. The highest BCUT2D eigenvalue weighted by Gasteiger charge is 2.13. The normalized spacial score (nSPS) is 13.8. The second-order valence-corrected chi connectivity index (χ2v) is 7.84. The van der Waals surface area contributed by atoms with E-state index in [1.54, 1.807) is 0 Å². The fraction of sp³-hybridized carbons (Fsp3) is 0.304. The van der Waals surface area contributed by atoms with E-state index in [0.29, 0.717) is 5.82 Å². The smallest absolute Gasteiger partial charge is 0.159 e. The summed E-state index contributed by atoms with van der Waals surface area (Å²) >= 11 is 0. The lowest BCUT2D eigenvalue weighted by Crippen LogP contribution is -2.39. The van der Waals surface area contributed by atoms with Gasteiger partial charge in [0, 0.05) is 61.0 Å². The molecule has 4 aromatic rings. The van der Waals surface area contributed by atoms with Crippen LogP contribution in [0.1, 0.15) is 25.0 Å². The molecule has 0 saturated carbocycles. The summed E-state index contributed by atoms with van der Waals surface area (Å²) in [5.74, 6) is 0.713. The first-order valence-electron chi connectivity index (χ1n) is 10.4. The van der Waals surface area contributed by atoms with Crippen molar-refractivity contribution in [1.29, 1.82) is 0 Å². The molecule has 0 spiro atoms. The number of aryl methyl sites for hydroxylation is 2. The standard InChI is InChI=1S/C23H25N7.ClH/c1-17-22(16-28(2)27-17)18-7-6-8-19(11-18)23-24-12-20(13-25-23)21-14-26-30(15-21)29-9-4-3-5-10-29;/h6-8,11-16H,3-5,9-10H2,1-2H3;1H. The van der Waals surface area contributed by atoms with Crippen molar-refractivity contribution in [3.8, 4) is 33.6 Å². The van der Waals surface area contributed by atoms with E-state index < -0.39 is 0 Å². The first kappa shape index (κ1) is 21.1. The third-order valence-electron chi connectivity index (χ3n) is 5.62. The van der Waals surface area contributed by atoms with Crippen LogP contribution in [0.15, 0.2) is 55.2 Å². The molecule has 1 aliphatic heterocycles. The molecule has 0 atom stereocenters. The van der Waals surface area contributed by atoms with Crippen LogP contribution >= 0.6 is 12.4 Å². The molecule has 0 N–H and O–H groups in total. The molecule has 7 nitrogen and oxygen atoms in total. The van der Waals surface area contributed by atoms with Gasteiger partial charge in [-0.1, -0.05) is 18.2 Å². The van der Waals surface area contributed by atoms with Gasteiger partial charge >= 0.3 is 0 Å². The van der Waals surface area contributed by atoms with Gasteiger partial charge in [0.1, 0.15) is 0 Å². The summed E-state index contributed by atoms with van der Waals surface area (Å²) in [7, 11) is 1.94. The fourth-order valence-electron chi connectivity index (χ4n) is 4.03. The lowest BCUT2D eigenvalue weighted by molar-refractivity contribution is 0.449. The molecule has 1 saturated heterocycles. The van der Waals surface area contributed by atoms with Crippen molar-refractivity contribution in [2.75, 3.05) is 18.1 Å². The van der Waals surface area contributed by atoms with Gasteiger partial charge in [0.25, 0.3) is 0 Å². The maximum absolute atomic E-state index is 4.63. The molecule has 1 aliphatic rings. The molecule has 4 heterocycles. The largest absolute Gasteiger partial charge is 0.297 e. The number of piperidine rings is 1. The lowest BCUT2D eigenvalue weighted by atomic mass is 10.0. The van der Waals surface area contributed by atoms with E-state index in [4.69, 9.17) is 0 Å². The zero-order chi connectivity index (χ0) is 20.5.